The van der Waals surface area contributed by atoms with Gasteiger partial charge in [0, 0.05) is 30.8 Å². The lowest BCUT2D eigenvalue weighted by Gasteiger charge is -2.20. The van der Waals surface area contributed by atoms with E-state index in [-0.39, 0.29) is 4.90 Å². The van der Waals surface area contributed by atoms with E-state index in [2.05, 4.69) is 5.32 Å². The Bertz CT molecular complexity index is 973. The molecule has 9 heteroatoms. The lowest BCUT2D eigenvalue weighted by molar-refractivity contribution is 0.102. The van der Waals surface area contributed by atoms with Gasteiger partial charge in [-0.05, 0) is 24.3 Å². The molecule has 0 unspecified atom stereocenters. The fourth-order valence-electron chi connectivity index (χ4n) is 2.85. The molecule has 0 saturated heterocycles. The summed E-state index contributed by atoms with van der Waals surface area (Å²) in [5, 5.41) is 3.03. The minimum Gasteiger partial charge on any atom is -0.486 e. The van der Waals surface area contributed by atoms with Crippen LogP contribution in [0.15, 0.2) is 41.3 Å². The predicted molar refractivity (Wildman–Crippen MR) is 107 cm³/mol. The number of rotatable bonds is 6. The van der Waals surface area contributed by atoms with Crippen molar-refractivity contribution in [3.63, 3.8) is 0 Å². The topological polar surface area (TPSA) is 84.9 Å². The monoisotopic (exact) mass is 424 g/mol. The third-order valence-electron chi connectivity index (χ3n) is 4.34. The zero-order valence-electron chi connectivity index (χ0n) is 15.6. The summed E-state index contributed by atoms with van der Waals surface area (Å²) in [6, 6.07) is 8.98. The van der Waals surface area contributed by atoms with Gasteiger partial charge in [0.2, 0.25) is 10.0 Å². The van der Waals surface area contributed by atoms with Gasteiger partial charge in [0.25, 0.3) is 5.91 Å². The third-order valence-corrected chi connectivity index (χ3v) is 6.72. The van der Waals surface area contributed by atoms with Crippen LogP contribution in [0.5, 0.6) is 11.5 Å². The summed E-state index contributed by atoms with van der Waals surface area (Å²) in [5.74, 6) is 0.622. The molecule has 0 spiro atoms. The third kappa shape index (κ3) is 4.09. The van der Waals surface area contributed by atoms with Crippen LogP contribution in [0.1, 0.15) is 24.2 Å². The Morgan fingerprint density at radius 3 is 2.21 bits per heavy atom. The maximum Gasteiger partial charge on any atom is 0.255 e. The second kappa shape index (κ2) is 8.38. The highest BCUT2D eigenvalue weighted by molar-refractivity contribution is 7.89. The molecular weight excluding hydrogens is 404 g/mol. The molecule has 150 valence electrons. The number of amides is 1. The van der Waals surface area contributed by atoms with Gasteiger partial charge in [-0.25, -0.2) is 8.42 Å². The summed E-state index contributed by atoms with van der Waals surface area (Å²) in [7, 11) is -3.57. The van der Waals surface area contributed by atoms with Gasteiger partial charge < -0.3 is 14.8 Å². The summed E-state index contributed by atoms with van der Waals surface area (Å²) < 4.78 is 37.4. The van der Waals surface area contributed by atoms with E-state index in [1.807, 2.05) is 0 Å². The van der Waals surface area contributed by atoms with Crippen molar-refractivity contribution < 1.29 is 22.7 Å². The van der Waals surface area contributed by atoms with Crippen LogP contribution in [0.4, 0.5) is 5.69 Å². The Morgan fingerprint density at radius 2 is 1.64 bits per heavy atom. The Balaban J connectivity index is 1.79. The number of nitrogens with one attached hydrogen (secondary N) is 1. The molecule has 0 saturated carbocycles. The van der Waals surface area contributed by atoms with Crippen molar-refractivity contribution in [2.24, 2.45) is 0 Å². The number of nitrogens with zero attached hydrogens (tertiary/aromatic N) is 1. The molecule has 7 nitrogen and oxygen atoms in total. The van der Waals surface area contributed by atoms with Crippen molar-refractivity contribution in [2.75, 3.05) is 31.6 Å². The average Bonchev–Trinajstić information content (AvgIpc) is 2.69. The molecule has 28 heavy (non-hydrogen) atoms. The highest BCUT2D eigenvalue weighted by Gasteiger charge is 2.22. The fourth-order valence-corrected chi connectivity index (χ4v) is 4.50. The highest BCUT2D eigenvalue weighted by Crippen LogP contribution is 2.38. The van der Waals surface area contributed by atoms with E-state index >= 15 is 0 Å². The number of benzene rings is 2. The molecule has 0 fully saturated rings. The average molecular weight is 425 g/mol. The zero-order chi connectivity index (χ0) is 20.3. The van der Waals surface area contributed by atoms with Gasteiger partial charge in [0.05, 0.1) is 15.6 Å². The molecule has 2 aromatic carbocycles. The molecule has 3 rings (SSSR count). The highest BCUT2D eigenvalue weighted by atomic mass is 35.5. The molecule has 0 aromatic heterocycles. The number of sulfonamides is 1. The number of anilines is 1. The number of fused-ring (bicyclic) bond motifs is 1. The molecule has 2 aromatic rings. The maximum atomic E-state index is 12.5. The zero-order valence-corrected chi connectivity index (χ0v) is 17.1. The molecular formula is C19H21ClN2O5S. The first kappa shape index (κ1) is 20.4. The van der Waals surface area contributed by atoms with Crippen LogP contribution in [-0.4, -0.2) is 44.9 Å². The van der Waals surface area contributed by atoms with Crippen LogP contribution in [0.25, 0.3) is 0 Å². The van der Waals surface area contributed by atoms with Crippen molar-refractivity contribution in [1.29, 1.82) is 0 Å². The van der Waals surface area contributed by atoms with Crippen molar-refractivity contribution in [3.8, 4) is 11.5 Å². The van der Waals surface area contributed by atoms with E-state index in [9.17, 15) is 13.2 Å². The first-order valence-corrected chi connectivity index (χ1v) is 10.7. The minimum atomic E-state index is -3.57. The first-order valence-electron chi connectivity index (χ1n) is 8.87. The molecule has 0 atom stereocenters. The number of carbonyl (C=O) groups excluding carboxylic acids is 1. The second-order valence-corrected chi connectivity index (χ2v) is 8.39. The quantitative estimate of drug-likeness (QED) is 0.768. The molecule has 0 radical (unpaired) electrons. The van der Waals surface area contributed by atoms with E-state index in [0.717, 1.165) is 0 Å². The molecule has 0 aliphatic carbocycles. The Hall–Kier alpha value is -2.29. The normalized spacial score (nSPS) is 13.4. The standard InChI is InChI=1S/C19H21ClN2O5S/c1-3-22(4-2)28(24,25)14-7-5-13(6-8-14)19(23)21-16-12-18-17(11-15(16)20)26-9-10-27-18/h5-8,11-12H,3-4,9-10H2,1-2H3,(H,21,23). The van der Waals surface area contributed by atoms with Crippen LogP contribution in [0, 0.1) is 0 Å². The van der Waals surface area contributed by atoms with Gasteiger partial charge in [-0.3, -0.25) is 4.79 Å². The molecule has 1 heterocycles. The van der Waals surface area contributed by atoms with Crippen LogP contribution < -0.4 is 14.8 Å². The van der Waals surface area contributed by atoms with Gasteiger partial charge in [-0.15, -0.1) is 0 Å². The number of hydrogen-bond acceptors (Lipinski definition) is 5. The van der Waals surface area contributed by atoms with Gasteiger partial charge >= 0.3 is 0 Å². The van der Waals surface area contributed by atoms with Gasteiger partial charge in [-0.1, -0.05) is 25.4 Å². The lowest BCUT2D eigenvalue weighted by Crippen LogP contribution is -2.30. The van der Waals surface area contributed by atoms with Crippen LogP contribution >= 0.6 is 11.6 Å². The van der Waals surface area contributed by atoms with E-state index < -0.39 is 15.9 Å². The van der Waals surface area contributed by atoms with Crippen LogP contribution in [-0.2, 0) is 10.0 Å². The number of hydrogen-bond donors (Lipinski definition) is 1. The fraction of sp³-hybridized carbons (Fsp3) is 0.316. The predicted octanol–water partition coefficient (Wildman–Crippen LogP) is 3.39. The number of ether oxygens (including phenoxy) is 2. The van der Waals surface area contributed by atoms with Gasteiger partial charge in [-0.2, -0.15) is 4.31 Å². The molecule has 0 bridgehead atoms. The second-order valence-electron chi connectivity index (χ2n) is 6.04. The van der Waals surface area contributed by atoms with Gasteiger partial charge in [0.15, 0.2) is 11.5 Å². The summed E-state index contributed by atoms with van der Waals surface area (Å²) in [6.07, 6.45) is 0. The van der Waals surface area contributed by atoms with Crippen molar-refractivity contribution >= 4 is 33.2 Å². The smallest absolute Gasteiger partial charge is 0.255 e. The van der Waals surface area contributed by atoms with E-state index in [1.54, 1.807) is 26.0 Å². The summed E-state index contributed by atoms with van der Waals surface area (Å²) in [4.78, 5) is 12.7. The van der Waals surface area contributed by atoms with Crippen LogP contribution in [0.3, 0.4) is 0 Å². The van der Waals surface area contributed by atoms with Gasteiger partial charge in [0.1, 0.15) is 13.2 Å². The van der Waals surface area contributed by atoms with E-state index in [0.29, 0.717) is 54.1 Å². The molecule has 1 N–H and O–H groups in total. The van der Waals surface area contributed by atoms with Crippen molar-refractivity contribution in [1.82, 2.24) is 4.31 Å². The Morgan fingerprint density at radius 1 is 1.07 bits per heavy atom. The largest absolute Gasteiger partial charge is 0.486 e. The maximum absolute atomic E-state index is 12.5. The molecule has 1 aliphatic heterocycles. The minimum absolute atomic E-state index is 0.144. The SMILES string of the molecule is CCN(CC)S(=O)(=O)c1ccc(C(=O)Nc2cc3c(cc2Cl)OCCO3)cc1. The van der Waals surface area contributed by atoms with Crippen molar-refractivity contribution in [3.05, 3.63) is 47.0 Å². The summed E-state index contributed by atoms with van der Waals surface area (Å²) in [6.45, 7) is 5.18. The Labute approximate surface area is 169 Å². The Kier molecular flexibility index (Phi) is 6.12. The summed E-state index contributed by atoms with van der Waals surface area (Å²) in [5.41, 5.74) is 0.695. The lowest BCUT2D eigenvalue weighted by atomic mass is 10.2. The van der Waals surface area contributed by atoms with Crippen LogP contribution in [0.2, 0.25) is 5.02 Å². The van der Waals surface area contributed by atoms with E-state index in [1.165, 1.54) is 28.6 Å². The first-order chi connectivity index (χ1) is 13.4. The number of halogens is 1. The van der Waals surface area contributed by atoms with E-state index in [4.69, 9.17) is 21.1 Å². The molecule has 1 aliphatic rings. The number of carbonyl (C=O) groups is 1. The molecule has 1 amide bonds. The summed E-state index contributed by atoms with van der Waals surface area (Å²) >= 11 is 6.21. The van der Waals surface area contributed by atoms with Crippen molar-refractivity contribution in [2.45, 2.75) is 18.7 Å².